The molecular weight excluding hydrogens is 354 g/mol. The van der Waals surface area contributed by atoms with Gasteiger partial charge in [-0.2, -0.15) is 5.10 Å². The molecule has 1 unspecified atom stereocenters. The fourth-order valence-corrected chi connectivity index (χ4v) is 6.33. The minimum Gasteiger partial charge on any atom is -0.497 e. The molecule has 1 atom stereocenters. The summed E-state index contributed by atoms with van der Waals surface area (Å²) in [6.07, 6.45) is 7.39. The lowest BCUT2D eigenvalue weighted by Crippen LogP contribution is -2.51. The summed E-state index contributed by atoms with van der Waals surface area (Å²) in [6.45, 7) is 0. The molecule has 1 aliphatic heterocycles. The molecule has 6 heteroatoms. The van der Waals surface area contributed by atoms with E-state index in [0.717, 1.165) is 42.8 Å². The number of carbonyl (C=O) groups excluding carboxylic acids is 2. The van der Waals surface area contributed by atoms with Gasteiger partial charge in [0.1, 0.15) is 17.5 Å². The van der Waals surface area contributed by atoms with Crippen LogP contribution in [0.15, 0.2) is 29.4 Å². The highest BCUT2D eigenvalue weighted by Gasteiger charge is 2.55. The Morgan fingerprint density at radius 2 is 1.68 bits per heavy atom. The van der Waals surface area contributed by atoms with Gasteiger partial charge in [-0.05, 0) is 80.5 Å². The minimum absolute atomic E-state index is 0.165. The third-order valence-corrected chi connectivity index (χ3v) is 7.21. The number of rotatable bonds is 5. The Bertz CT molecular complexity index is 795. The van der Waals surface area contributed by atoms with E-state index < -0.39 is 6.04 Å². The number of hydrogen-bond donors (Lipinski definition) is 2. The zero-order valence-corrected chi connectivity index (χ0v) is 16.2. The summed E-state index contributed by atoms with van der Waals surface area (Å²) in [5, 5.41) is 7.19. The molecule has 4 fully saturated rings. The summed E-state index contributed by atoms with van der Waals surface area (Å²) in [5.74, 6) is 2.95. The van der Waals surface area contributed by atoms with Crippen molar-refractivity contribution in [2.24, 2.45) is 28.3 Å². The average molecular weight is 381 g/mol. The van der Waals surface area contributed by atoms with Gasteiger partial charge in [-0.15, -0.1) is 0 Å². The number of nitrogens with one attached hydrogen (secondary N) is 2. The molecule has 4 aliphatic carbocycles. The maximum absolute atomic E-state index is 13.4. The Hall–Kier alpha value is -2.37. The molecule has 0 saturated heterocycles. The number of amides is 1. The molecule has 1 aromatic carbocycles. The number of methoxy groups -OCH3 is 1. The van der Waals surface area contributed by atoms with Crippen LogP contribution < -0.4 is 15.5 Å². The number of carbonyl (C=O) groups is 2. The van der Waals surface area contributed by atoms with Crippen LogP contribution in [-0.4, -0.2) is 30.6 Å². The smallest absolute Gasteiger partial charge is 0.248 e. The van der Waals surface area contributed by atoms with Crippen molar-refractivity contribution < 1.29 is 14.3 Å². The highest BCUT2D eigenvalue weighted by atomic mass is 16.5. The second-order valence-electron chi connectivity index (χ2n) is 9.19. The fraction of sp³-hybridized carbons (Fsp3) is 0.591. The lowest BCUT2D eigenvalue weighted by atomic mass is 9.48. The van der Waals surface area contributed by atoms with Crippen LogP contribution in [0.5, 0.6) is 5.75 Å². The standard InChI is InChI=1S/C22H27N3O3/c1-28-17-4-2-16(3-5-17)23-21(27)19-9-18(24-25-19)20(26)22-10-13-6-14(11-22)8-15(7-13)12-22/h2-5,13-15,19,25H,6-12H2,1H3,(H,23,27). The normalized spacial score (nSPS) is 35.2. The third-order valence-electron chi connectivity index (χ3n) is 7.21. The molecule has 0 aromatic heterocycles. The first-order chi connectivity index (χ1) is 13.5. The van der Waals surface area contributed by atoms with Crippen LogP contribution in [0.25, 0.3) is 0 Å². The van der Waals surface area contributed by atoms with Crippen molar-refractivity contribution in [1.82, 2.24) is 5.43 Å². The van der Waals surface area contributed by atoms with Gasteiger partial charge >= 0.3 is 0 Å². The molecule has 28 heavy (non-hydrogen) atoms. The van der Waals surface area contributed by atoms with E-state index in [2.05, 4.69) is 15.8 Å². The number of hydrazone groups is 1. The van der Waals surface area contributed by atoms with Gasteiger partial charge in [0, 0.05) is 17.5 Å². The predicted molar refractivity (Wildman–Crippen MR) is 106 cm³/mol. The minimum atomic E-state index is -0.491. The van der Waals surface area contributed by atoms with Gasteiger partial charge in [-0.1, -0.05) is 0 Å². The van der Waals surface area contributed by atoms with Gasteiger partial charge in [0.25, 0.3) is 0 Å². The fourth-order valence-electron chi connectivity index (χ4n) is 6.33. The molecule has 0 radical (unpaired) electrons. The molecule has 1 amide bonds. The molecule has 1 heterocycles. The number of ether oxygens (including phenoxy) is 1. The van der Waals surface area contributed by atoms with Gasteiger partial charge in [0.05, 0.1) is 7.11 Å². The number of hydrogen-bond acceptors (Lipinski definition) is 5. The number of benzene rings is 1. The summed E-state index contributed by atoms with van der Waals surface area (Å²) >= 11 is 0. The SMILES string of the molecule is COc1ccc(NC(=O)C2CC(C(=O)C34CC5CC(CC(C5)C3)C4)=NN2)cc1. The van der Waals surface area contributed by atoms with E-state index in [-0.39, 0.29) is 17.1 Å². The van der Waals surface area contributed by atoms with E-state index in [1.807, 2.05) is 0 Å². The molecule has 0 spiro atoms. The lowest BCUT2D eigenvalue weighted by Gasteiger charge is -2.55. The van der Waals surface area contributed by atoms with E-state index in [1.165, 1.54) is 19.3 Å². The molecule has 5 aliphatic rings. The Labute approximate surface area is 165 Å². The summed E-state index contributed by atoms with van der Waals surface area (Å²) < 4.78 is 5.13. The molecule has 6 rings (SSSR count). The Balaban J connectivity index is 1.23. The highest BCUT2D eigenvalue weighted by Crippen LogP contribution is 2.60. The maximum atomic E-state index is 13.4. The Morgan fingerprint density at radius 3 is 2.25 bits per heavy atom. The lowest BCUT2D eigenvalue weighted by molar-refractivity contribution is -0.136. The first kappa shape index (κ1) is 17.7. The van der Waals surface area contributed by atoms with Crippen LogP contribution in [0.3, 0.4) is 0 Å². The zero-order valence-electron chi connectivity index (χ0n) is 16.2. The summed E-state index contributed by atoms with van der Waals surface area (Å²) in [6, 6.07) is 6.71. The van der Waals surface area contributed by atoms with Crippen molar-refractivity contribution in [1.29, 1.82) is 0 Å². The van der Waals surface area contributed by atoms with Gasteiger partial charge in [-0.3, -0.25) is 15.0 Å². The van der Waals surface area contributed by atoms with Crippen LogP contribution in [0.1, 0.15) is 44.9 Å². The van der Waals surface area contributed by atoms with Gasteiger partial charge in [0.2, 0.25) is 5.91 Å². The van der Waals surface area contributed by atoms with Gasteiger partial charge in [-0.25, -0.2) is 0 Å². The van der Waals surface area contributed by atoms with Crippen molar-refractivity contribution in [3.8, 4) is 5.75 Å². The van der Waals surface area contributed by atoms with Crippen LogP contribution >= 0.6 is 0 Å². The molecule has 148 valence electrons. The highest BCUT2D eigenvalue weighted by molar-refractivity contribution is 6.42. The van der Waals surface area contributed by atoms with Crippen molar-refractivity contribution in [2.75, 3.05) is 12.4 Å². The van der Waals surface area contributed by atoms with Crippen molar-refractivity contribution in [3.63, 3.8) is 0 Å². The quantitative estimate of drug-likeness (QED) is 0.821. The molecule has 2 N–H and O–H groups in total. The van der Waals surface area contributed by atoms with Crippen LogP contribution in [0.4, 0.5) is 5.69 Å². The Morgan fingerprint density at radius 1 is 1.07 bits per heavy atom. The van der Waals surface area contributed by atoms with Crippen LogP contribution in [0.2, 0.25) is 0 Å². The molecule has 1 aromatic rings. The van der Waals surface area contributed by atoms with Crippen molar-refractivity contribution in [3.05, 3.63) is 24.3 Å². The molecule has 4 bridgehead atoms. The third kappa shape index (κ3) is 2.99. The topological polar surface area (TPSA) is 79.8 Å². The van der Waals surface area contributed by atoms with Crippen molar-refractivity contribution >= 4 is 23.1 Å². The van der Waals surface area contributed by atoms with E-state index in [0.29, 0.717) is 17.8 Å². The zero-order chi connectivity index (χ0) is 19.3. The van der Waals surface area contributed by atoms with Gasteiger partial charge < -0.3 is 10.1 Å². The van der Waals surface area contributed by atoms with Crippen molar-refractivity contribution in [2.45, 2.75) is 51.0 Å². The average Bonchev–Trinajstić information content (AvgIpc) is 3.17. The maximum Gasteiger partial charge on any atom is 0.248 e. The van der Waals surface area contributed by atoms with Crippen LogP contribution in [-0.2, 0) is 9.59 Å². The number of nitrogens with zero attached hydrogens (tertiary/aromatic N) is 1. The summed E-state index contributed by atoms with van der Waals surface area (Å²) in [5.41, 5.74) is 3.96. The second-order valence-corrected chi connectivity index (χ2v) is 9.19. The Kier molecular flexibility index (Phi) is 4.18. The summed E-state index contributed by atoms with van der Waals surface area (Å²) in [4.78, 5) is 26.0. The number of anilines is 1. The number of ketones is 1. The van der Waals surface area contributed by atoms with E-state index >= 15 is 0 Å². The monoisotopic (exact) mass is 381 g/mol. The van der Waals surface area contributed by atoms with Gasteiger partial charge in [0.15, 0.2) is 5.78 Å². The largest absolute Gasteiger partial charge is 0.497 e. The first-order valence-electron chi connectivity index (χ1n) is 10.4. The van der Waals surface area contributed by atoms with E-state index in [1.54, 1.807) is 31.4 Å². The molecule has 6 nitrogen and oxygen atoms in total. The molecule has 4 saturated carbocycles. The van der Waals surface area contributed by atoms with E-state index in [4.69, 9.17) is 4.74 Å². The summed E-state index contributed by atoms with van der Waals surface area (Å²) in [7, 11) is 1.61. The van der Waals surface area contributed by atoms with Crippen LogP contribution in [0, 0.1) is 23.2 Å². The molecular formula is C22H27N3O3. The second kappa shape index (κ2) is 6.61. The first-order valence-corrected chi connectivity index (χ1v) is 10.4. The predicted octanol–water partition coefficient (Wildman–Crippen LogP) is 3.14. The number of Topliss-reactive ketones (excluding diaryl/α,β-unsaturated/α-hetero) is 1. The van der Waals surface area contributed by atoms with E-state index in [9.17, 15) is 9.59 Å².